The lowest BCUT2D eigenvalue weighted by Gasteiger charge is -2.04. The van der Waals surface area contributed by atoms with E-state index in [2.05, 4.69) is 26.1 Å². The minimum absolute atomic E-state index is 0.715. The highest BCUT2D eigenvalue weighted by Gasteiger charge is 2.01. The molecule has 2 N–H and O–H groups in total. The third-order valence-electron chi connectivity index (χ3n) is 1.67. The third kappa shape index (κ3) is 1.55. The van der Waals surface area contributed by atoms with Crippen molar-refractivity contribution in [3.05, 3.63) is 35.3 Å². The smallest absolute Gasteiger partial charge is 0.123 e. The van der Waals surface area contributed by atoms with Crippen molar-refractivity contribution >= 4 is 21.6 Å². The molecule has 0 bridgehead atoms. The fraction of sp³-hybridized carbons (Fsp3) is 0. The zero-order valence-corrected chi connectivity index (χ0v) is 8.27. The number of rotatable bonds is 1. The largest absolute Gasteiger partial charge is 0.399 e. The van der Waals surface area contributed by atoms with Gasteiger partial charge in [0.15, 0.2) is 0 Å². The van der Waals surface area contributed by atoms with Gasteiger partial charge in [0, 0.05) is 10.2 Å². The number of aromatic nitrogens is 3. The van der Waals surface area contributed by atoms with Crippen LogP contribution in [0.15, 0.2) is 35.3 Å². The number of nitrogens with zero attached hydrogens (tertiary/aromatic N) is 3. The Kier molecular flexibility index (Phi) is 2.02. The van der Waals surface area contributed by atoms with Crippen LogP contribution in [0.2, 0.25) is 0 Å². The van der Waals surface area contributed by atoms with E-state index in [4.69, 9.17) is 5.73 Å². The first-order valence-electron chi connectivity index (χ1n) is 3.67. The van der Waals surface area contributed by atoms with Crippen molar-refractivity contribution in [1.82, 2.24) is 14.8 Å². The van der Waals surface area contributed by atoms with Gasteiger partial charge in [-0.25, -0.2) is 0 Å². The van der Waals surface area contributed by atoms with Gasteiger partial charge >= 0.3 is 0 Å². The number of anilines is 1. The molecule has 0 spiro atoms. The van der Waals surface area contributed by atoms with Gasteiger partial charge in [-0.1, -0.05) is 0 Å². The van der Waals surface area contributed by atoms with Crippen LogP contribution in [-0.2, 0) is 0 Å². The summed E-state index contributed by atoms with van der Waals surface area (Å²) in [7, 11) is 0. The molecular weight excluding hydrogens is 232 g/mol. The second kappa shape index (κ2) is 3.18. The molecule has 13 heavy (non-hydrogen) atoms. The van der Waals surface area contributed by atoms with Crippen LogP contribution < -0.4 is 5.73 Å². The molecule has 0 atom stereocenters. The molecule has 1 aromatic heterocycles. The van der Waals surface area contributed by atoms with E-state index in [1.165, 1.54) is 0 Å². The minimum atomic E-state index is 0.715. The molecule has 2 aromatic rings. The fourth-order valence-electron chi connectivity index (χ4n) is 1.05. The van der Waals surface area contributed by atoms with Gasteiger partial charge in [0.2, 0.25) is 0 Å². The maximum atomic E-state index is 5.66. The summed E-state index contributed by atoms with van der Waals surface area (Å²) in [6, 6.07) is 5.58. The number of nitrogen functional groups attached to an aromatic ring is 1. The highest BCUT2D eigenvalue weighted by Crippen LogP contribution is 2.22. The van der Waals surface area contributed by atoms with Crippen LogP contribution in [0.25, 0.3) is 5.69 Å². The van der Waals surface area contributed by atoms with E-state index in [1.807, 2.05) is 18.2 Å². The number of hydrogen-bond acceptors (Lipinski definition) is 3. The van der Waals surface area contributed by atoms with Crippen LogP contribution in [0.5, 0.6) is 0 Å². The van der Waals surface area contributed by atoms with Gasteiger partial charge in [-0.05, 0) is 34.1 Å². The summed E-state index contributed by atoms with van der Waals surface area (Å²) in [6.45, 7) is 0. The molecule has 0 aliphatic rings. The predicted molar refractivity (Wildman–Crippen MR) is 53.5 cm³/mol. The molecule has 0 fully saturated rings. The van der Waals surface area contributed by atoms with Crippen molar-refractivity contribution < 1.29 is 0 Å². The van der Waals surface area contributed by atoms with E-state index < -0.39 is 0 Å². The second-order valence-electron chi connectivity index (χ2n) is 2.58. The monoisotopic (exact) mass is 238 g/mol. The Morgan fingerprint density at radius 3 is 2.62 bits per heavy atom. The molecular formula is C8H7BrN4. The van der Waals surface area contributed by atoms with Crippen molar-refractivity contribution in [3.63, 3.8) is 0 Å². The summed E-state index contributed by atoms with van der Waals surface area (Å²) in [6.07, 6.45) is 3.25. The topological polar surface area (TPSA) is 56.7 Å². The number of nitrogens with two attached hydrogens (primary N) is 1. The molecule has 5 heteroatoms. The Hall–Kier alpha value is -1.36. The van der Waals surface area contributed by atoms with Gasteiger partial charge < -0.3 is 5.73 Å². The minimum Gasteiger partial charge on any atom is -0.399 e. The molecule has 0 aliphatic carbocycles. The summed E-state index contributed by atoms with van der Waals surface area (Å²) in [5.41, 5.74) is 7.31. The van der Waals surface area contributed by atoms with Gasteiger partial charge in [0.05, 0.1) is 5.69 Å². The normalized spacial score (nSPS) is 10.2. The molecule has 0 amide bonds. The Bertz CT molecular complexity index is 410. The Balaban J connectivity index is 2.57. The zero-order chi connectivity index (χ0) is 9.26. The van der Waals surface area contributed by atoms with Crippen LogP contribution in [0, 0.1) is 0 Å². The van der Waals surface area contributed by atoms with Crippen LogP contribution in [0.3, 0.4) is 0 Å². The summed E-state index contributed by atoms with van der Waals surface area (Å²) < 4.78 is 2.75. The number of hydrogen-bond donors (Lipinski definition) is 1. The summed E-state index contributed by atoms with van der Waals surface area (Å²) in [5.74, 6) is 0. The van der Waals surface area contributed by atoms with Crippen LogP contribution in [0.4, 0.5) is 5.69 Å². The van der Waals surface area contributed by atoms with E-state index in [0.29, 0.717) is 5.69 Å². The van der Waals surface area contributed by atoms with Crippen LogP contribution >= 0.6 is 15.9 Å². The average Bonchev–Trinajstić information content (AvgIpc) is 2.61. The van der Waals surface area contributed by atoms with Gasteiger partial charge in [0.1, 0.15) is 12.7 Å². The van der Waals surface area contributed by atoms with E-state index in [-0.39, 0.29) is 0 Å². The molecule has 0 radical (unpaired) electrons. The lowest BCUT2D eigenvalue weighted by Crippen LogP contribution is -1.94. The summed E-state index contributed by atoms with van der Waals surface area (Å²) >= 11 is 3.42. The first-order valence-corrected chi connectivity index (χ1v) is 4.47. The van der Waals surface area contributed by atoms with Gasteiger partial charge in [0.25, 0.3) is 0 Å². The molecule has 1 heterocycles. The van der Waals surface area contributed by atoms with E-state index in [1.54, 1.807) is 17.2 Å². The molecule has 1 aromatic carbocycles. The summed E-state index contributed by atoms with van der Waals surface area (Å²) in [4.78, 5) is 0. The molecule has 0 aliphatic heterocycles. The van der Waals surface area contributed by atoms with E-state index >= 15 is 0 Å². The lowest BCUT2D eigenvalue weighted by molar-refractivity contribution is 1.05. The predicted octanol–water partition coefficient (Wildman–Crippen LogP) is 1.61. The Morgan fingerprint density at radius 2 is 1.92 bits per heavy atom. The number of halogens is 1. The first-order chi connectivity index (χ1) is 6.27. The maximum absolute atomic E-state index is 5.66. The van der Waals surface area contributed by atoms with E-state index in [0.717, 1.165) is 10.2 Å². The van der Waals surface area contributed by atoms with Crippen molar-refractivity contribution in [3.8, 4) is 5.69 Å². The van der Waals surface area contributed by atoms with E-state index in [9.17, 15) is 0 Å². The van der Waals surface area contributed by atoms with Gasteiger partial charge in [-0.3, -0.25) is 4.57 Å². The van der Waals surface area contributed by atoms with Crippen molar-refractivity contribution in [2.45, 2.75) is 0 Å². The molecule has 0 unspecified atom stereocenters. The maximum Gasteiger partial charge on any atom is 0.123 e. The molecule has 0 saturated carbocycles. The lowest BCUT2D eigenvalue weighted by atomic mass is 10.3. The van der Waals surface area contributed by atoms with Crippen LogP contribution in [-0.4, -0.2) is 14.8 Å². The molecule has 2 rings (SSSR count). The van der Waals surface area contributed by atoms with Gasteiger partial charge in [-0.15, -0.1) is 10.2 Å². The SMILES string of the molecule is Nc1ccc(Br)c(-n2cnnc2)c1. The second-order valence-corrected chi connectivity index (χ2v) is 3.43. The van der Waals surface area contributed by atoms with Crippen molar-refractivity contribution in [1.29, 1.82) is 0 Å². The quantitative estimate of drug-likeness (QED) is 0.769. The Morgan fingerprint density at radius 1 is 1.23 bits per heavy atom. The molecule has 66 valence electrons. The zero-order valence-electron chi connectivity index (χ0n) is 6.68. The first kappa shape index (κ1) is 8.25. The highest BCUT2D eigenvalue weighted by molar-refractivity contribution is 9.10. The Labute approximate surface area is 83.5 Å². The highest BCUT2D eigenvalue weighted by atomic mass is 79.9. The third-order valence-corrected chi connectivity index (χ3v) is 2.34. The molecule has 4 nitrogen and oxygen atoms in total. The summed E-state index contributed by atoms with van der Waals surface area (Å²) in [5, 5.41) is 7.44. The average molecular weight is 239 g/mol. The van der Waals surface area contributed by atoms with Crippen LogP contribution in [0.1, 0.15) is 0 Å². The molecule has 0 saturated heterocycles. The van der Waals surface area contributed by atoms with Gasteiger partial charge in [-0.2, -0.15) is 0 Å². The standard InChI is InChI=1S/C8H7BrN4/c9-7-2-1-6(10)3-8(7)13-4-11-12-5-13/h1-5H,10H2. The van der Waals surface area contributed by atoms with Crippen molar-refractivity contribution in [2.75, 3.05) is 5.73 Å². The van der Waals surface area contributed by atoms with Crippen molar-refractivity contribution in [2.24, 2.45) is 0 Å². The fourth-order valence-corrected chi connectivity index (χ4v) is 1.50. The number of benzene rings is 1.